The molecule has 0 bridgehead atoms. The Morgan fingerprint density at radius 3 is 2.73 bits per heavy atom. The number of esters is 1. The maximum absolute atomic E-state index is 12.0. The average molecular weight is 468 g/mol. The molecular formula is C26H30BrNO2. The highest BCUT2D eigenvalue weighted by Crippen LogP contribution is 2.40. The minimum Gasteiger partial charge on any atom is -0.466 e. The van der Waals surface area contributed by atoms with E-state index in [0.717, 1.165) is 4.47 Å². The van der Waals surface area contributed by atoms with Gasteiger partial charge in [-0.05, 0) is 68.0 Å². The van der Waals surface area contributed by atoms with E-state index in [1.807, 2.05) is 6.92 Å². The molecule has 1 saturated carbocycles. The van der Waals surface area contributed by atoms with Crippen LogP contribution < -0.4 is 0 Å². The van der Waals surface area contributed by atoms with Gasteiger partial charge in [-0.15, -0.1) is 0 Å². The second-order valence-corrected chi connectivity index (χ2v) is 9.23. The summed E-state index contributed by atoms with van der Waals surface area (Å²) < 4.78 is 8.77. The van der Waals surface area contributed by atoms with Crippen LogP contribution in [0.15, 0.2) is 47.1 Å². The number of halogens is 1. The van der Waals surface area contributed by atoms with Gasteiger partial charge in [-0.1, -0.05) is 53.4 Å². The maximum Gasteiger partial charge on any atom is 0.306 e. The molecule has 1 aliphatic carbocycles. The molecule has 1 fully saturated rings. The SMILES string of the molecule is CCOC(=O)CCc1cccc(C)c1-c1cn(C2CCCCC2)c2ccc(Br)cc12. The summed E-state index contributed by atoms with van der Waals surface area (Å²) in [5.74, 6) is -0.127. The molecule has 0 N–H and O–H groups in total. The van der Waals surface area contributed by atoms with E-state index in [2.05, 4.69) is 70.0 Å². The van der Waals surface area contributed by atoms with Crippen molar-refractivity contribution < 1.29 is 9.53 Å². The lowest BCUT2D eigenvalue weighted by molar-refractivity contribution is -0.143. The lowest BCUT2D eigenvalue weighted by Crippen LogP contribution is -2.11. The predicted molar refractivity (Wildman–Crippen MR) is 127 cm³/mol. The van der Waals surface area contributed by atoms with Crippen LogP contribution in [0.1, 0.15) is 62.6 Å². The Kier molecular flexibility index (Phi) is 6.62. The normalized spacial score (nSPS) is 14.9. The van der Waals surface area contributed by atoms with Crippen molar-refractivity contribution in [2.45, 2.75) is 64.8 Å². The summed E-state index contributed by atoms with van der Waals surface area (Å²) in [6.45, 7) is 4.46. The van der Waals surface area contributed by atoms with E-state index < -0.39 is 0 Å². The summed E-state index contributed by atoms with van der Waals surface area (Å²) in [6, 6.07) is 13.6. The zero-order valence-corrected chi connectivity index (χ0v) is 19.5. The summed E-state index contributed by atoms with van der Waals surface area (Å²) in [5, 5.41) is 1.28. The van der Waals surface area contributed by atoms with E-state index in [1.54, 1.807) is 0 Å². The number of aryl methyl sites for hydroxylation is 2. The first-order valence-corrected chi connectivity index (χ1v) is 11.9. The molecule has 0 amide bonds. The standard InChI is InChI=1S/C26H30BrNO2/c1-3-30-25(29)15-12-19-9-7-8-18(2)26(19)23-17-28(21-10-5-4-6-11-21)24-14-13-20(27)16-22(23)24/h7-9,13-14,16-17,21H,3-6,10-12,15H2,1-2H3. The van der Waals surface area contributed by atoms with Gasteiger partial charge in [0.15, 0.2) is 0 Å². The number of benzene rings is 2. The third-order valence-corrected chi connectivity index (χ3v) is 6.79. The number of carbonyl (C=O) groups excluding carboxylic acids is 1. The van der Waals surface area contributed by atoms with Crippen LogP contribution in [-0.4, -0.2) is 17.1 Å². The monoisotopic (exact) mass is 467 g/mol. The summed E-state index contributed by atoms with van der Waals surface area (Å²) in [5.41, 5.74) is 6.30. The Hall–Kier alpha value is -2.07. The minimum atomic E-state index is -0.127. The van der Waals surface area contributed by atoms with Crippen molar-refractivity contribution in [2.24, 2.45) is 0 Å². The molecule has 1 heterocycles. The third kappa shape index (κ3) is 4.34. The number of carbonyl (C=O) groups is 1. The van der Waals surface area contributed by atoms with Gasteiger partial charge in [0.05, 0.1) is 6.61 Å². The number of rotatable bonds is 6. The molecule has 30 heavy (non-hydrogen) atoms. The average Bonchev–Trinajstić information content (AvgIpc) is 3.11. The molecule has 0 unspecified atom stereocenters. The minimum absolute atomic E-state index is 0.127. The molecule has 0 saturated heterocycles. The Morgan fingerprint density at radius 1 is 1.17 bits per heavy atom. The predicted octanol–water partition coefficient (Wildman–Crippen LogP) is 7.38. The van der Waals surface area contributed by atoms with Gasteiger partial charge < -0.3 is 9.30 Å². The van der Waals surface area contributed by atoms with E-state index >= 15 is 0 Å². The van der Waals surface area contributed by atoms with Crippen molar-refractivity contribution in [1.29, 1.82) is 0 Å². The molecule has 1 aliphatic rings. The van der Waals surface area contributed by atoms with Crippen molar-refractivity contribution in [3.8, 4) is 11.1 Å². The van der Waals surface area contributed by atoms with Gasteiger partial charge in [-0.25, -0.2) is 0 Å². The van der Waals surface area contributed by atoms with Crippen molar-refractivity contribution in [3.05, 3.63) is 58.2 Å². The van der Waals surface area contributed by atoms with E-state index in [4.69, 9.17) is 4.74 Å². The van der Waals surface area contributed by atoms with Crippen molar-refractivity contribution >= 4 is 32.8 Å². The number of aromatic nitrogens is 1. The number of nitrogens with zero attached hydrogens (tertiary/aromatic N) is 1. The van der Waals surface area contributed by atoms with Crippen LogP contribution in [0.4, 0.5) is 0 Å². The molecule has 4 heteroatoms. The molecule has 0 spiro atoms. The molecule has 3 aromatic rings. The highest BCUT2D eigenvalue weighted by molar-refractivity contribution is 9.10. The number of fused-ring (bicyclic) bond motifs is 1. The first-order valence-electron chi connectivity index (χ1n) is 11.1. The van der Waals surface area contributed by atoms with Crippen molar-refractivity contribution in [1.82, 2.24) is 4.57 Å². The topological polar surface area (TPSA) is 31.2 Å². The van der Waals surface area contributed by atoms with E-state index in [-0.39, 0.29) is 5.97 Å². The summed E-state index contributed by atoms with van der Waals surface area (Å²) in [4.78, 5) is 12.0. The van der Waals surface area contributed by atoms with Gasteiger partial charge in [0.2, 0.25) is 0 Å². The fraction of sp³-hybridized carbons (Fsp3) is 0.423. The highest BCUT2D eigenvalue weighted by Gasteiger charge is 2.21. The van der Waals surface area contributed by atoms with Crippen LogP contribution in [0, 0.1) is 6.92 Å². The summed E-state index contributed by atoms with van der Waals surface area (Å²) in [7, 11) is 0. The molecule has 158 valence electrons. The van der Waals surface area contributed by atoms with Crippen molar-refractivity contribution in [2.75, 3.05) is 6.61 Å². The first kappa shape index (κ1) is 21.2. The Bertz CT molecular complexity index is 1050. The van der Waals surface area contributed by atoms with Gasteiger partial charge in [-0.2, -0.15) is 0 Å². The second-order valence-electron chi connectivity index (χ2n) is 8.32. The summed E-state index contributed by atoms with van der Waals surface area (Å²) >= 11 is 3.68. The summed E-state index contributed by atoms with van der Waals surface area (Å²) in [6.07, 6.45) is 9.95. The van der Waals surface area contributed by atoms with Gasteiger partial charge in [0.25, 0.3) is 0 Å². The Morgan fingerprint density at radius 2 is 1.97 bits per heavy atom. The second kappa shape index (κ2) is 9.38. The van der Waals surface area contributed by atoms with Crippen LogP contribution in [0.2, 0.25) is 0 Å². The lowest BCUT2D eigenvalue weighted by Gasteiger charge is -2.24. The van der Waals surface area contributed by atoms with Crippen LogP contribution in [-0.2, 0) is 16.0 Å². The molecule has 3 nitrogen and oxygen atoms in total. The maximum atomic E-state index is 12.0. The van der Waals surface area contributed by atoms with Gasteiger partial charge in [0.1, 0.15) is 0 Å². The largest absolute Gasteiger partial charge is 0.466 e. The Balaban J connectivity index is 1.81. The van der Waals surface area contributed by atoms with Gasteiger partial charge in [0, 0.05) is 39.6 Å². The van der Waals surface area contributed by atoms with Crippen molar-refractivity contribution in [3.63, 3.8) is 0 Å². The smallest absolute Gasteiger partial charge is 0.306 e. The molecule has 0 radical (unpaired) electrons. The van der Waals surface area contributed by atoms with E-state index in [9.17, 15) is 4.79 Å². The lowest BCUT2D eigenvalue weighted by atomic mass is 9.92. The molecule has 4 rings (SSSR count). The molecule has 0 atom stereocenters. The number of hydrogen-bond acceptors (Lipinski definition) is 2. The van der Waals surface area contributed by atoms with Gasteiger partial charge >= 0.3 is 5.97 Å². The van der Waals surface area contributed by atoms with Crippen LogP contribution >= 0.6 is 15.9 Å². The molecule has 2 aromatic carbocycles. The molecular weight excluding hydrogens is 438 g/mol. The van der Waals surface area contributed by atoms with Gasteiger partial charge in [-0.3, -0.25) is 4.79 Å². The third-order valence-electron chi connectivity index (χ3n) is 6.30. The number of hydrogen-bond donors (Lipinski definition) is 0. The van der Waals surface area contributed by atoms with Crippen LogP contribution in [0.5, 0.6) is 0 Å². The van der Waals surface area contributed by atoms with E-state index in [0.29, 0.717) is 25.5 Å². The fourth-order valence-corrected chi connectivity index (χ4v) is 5.24. The fourth-order valence-electron chi connectivity index (χ4n) is 4.88. The van der Waals surface area contributed by atoms with Crippen LogP contribution in [0.25, 0.3) is 22.0 Å². The Labute approximate surface area is 187 Å². The first-order chi connectivity index (χ1) is 14.6. The number of ether oxygens (including phenoxy) is 1. The molecule has 1 aromatic heterocycles. The van der Waals surface area contributed by atoms with E-state index in [1.165, 1.54) is 65.3 Å². The molecule has 0 aliphatic heterocycles. The quantitative estimate of drug-likeness (QED) is 0.354. The van der Waals surface area contributed by atoms with Crippen LogP contribution in [0.3, 0.4) is 0 Å². The zero-order chi connectivity index (χ0) is 21.1. The highest BCUT2D eigenvalue weighted by atomic mass is 79.9. The zero-order valence-electron chi connectivity index (χ0n) is 17.9.